The van der Waals surface area contributed by atoms with Crippen LogP contribution in [0.2, 0.25) is 0 Å². The van der Waals surface area contributed by atoms with Crippen LogP contribution in [-0.4, -0.2) is 27.9 Å². The van der Waals surface area contributed by atoms with Crippen molar-refractivity contribution in [3.05, 3.63) is 53.5 Å². The summed E-state index contributed by atoms with van der Waals surface area (Å²) in [4.78, 5) is 11.0. The molecule has 0 unspecified atom stereocenters. The molecule has 0 atom stereocenters. The molecule has 0 aliphatic heterocycles. The average molecular weight is 326 g/mol. The van der Waals surface area contributed by atoms with Gasteiger partial charge in [-0.05, 0) is 18.2 Å². The van der Waals surface area contributed by atoms with Crippen molar-refractivity contribution in [2.24, 2.45) is 0 Å². The zero-order chi connectivity index (χ0) is 17.4. The number of halogens is 1. The summed E-state index contributed by atoms with van der Waals surface area (Å²) in [5, 5.41) is 28.6. The highest BCUT2D eigenvalue weighted by Gasteiger charge is 2.16. The SMILES string of the molecule is COc1cc2c(C#N)cn(-c3ccc(C(=O)O)c(O)c3)c2cc1F. The summed E-state index contributed by atoms with van der Waals surface area (Å²) in [5.41, 5.74) is 0.842. The number of ether oxygens (including phenoxy) is 1. The van der Waals surface area contributed by atoms with Gasteiger partial charge in [-0.15, -0.1) is 0 Å². The van der Waals surface area contributed by atoms with Crippen molar-refractivity contribution in [2.75, 3.05) is 7.11 Å². The average Bonchev–Trinajstić information content (AvgIpc) is 2.91. The number of benzene rings is 2. The van der Waals surface area contributed by atoms with Crippen molar-refractivity contribution in [1.29, 1.82) is 5.26 Å². The summed E-state index contributed by atoms with van der Waals surface area (Å²) in [6.07, 6.45) is 1.48. The molecule has 0 aliphatic rings. The van der Waals surface area contributed by atoms with Gasteiger partial charge in [0.1, 0.15) is 17.4 Å². The second-order valence-corrected chi connectivity index (χ2v) is 5.04. The van der Waals surface area contributed by atoms with Crippen LogP contribution in [0.5, 0.6) is 11.5 Å². The zero-order valence-electron chi connectivity index (χ0n) is 12.4. The van der Waals surface area contributed by atoms with Crippen LogP contribution in [0.25, 0.3) is 16.6 Å². The summed E-state index contributed by atoms with van der Waals surface area (Å²) in [6, 6.07) is 8.61. The van der Waals surface area contributed by atoms with E-state index in [2.05, 4.69) is 0 Å². The van der Waals surface area contributed by atoms with E-state index in [9.17, 15) is 19.6 Å². The number of methoxy groups -OCH3 is 1. The number of phenols is 1. The van der Waals surface area contributed by atoms with Crippen LogP contribution >= 0.6 is 0 Å². The van der Waals surface area contributed by atoms with Gasteiger partial charge in [-0.1, -0.05) is 0 Å². The third-order valence-electron chi connectivity index (χ3n) is 3.69. The standard InChI is InChI=1S/C17H11FN2O4/c1-24-16-5-12-9(7-19)8-20(14(12)6-13(16)18)10-2-3-11(17(22)23)15(21)4-10/h2-6,8,21H,1H3,(H,22,23). The molecule has 0 aliphatic carbocycles. The van der Waals surface area contributed by atoms with Gasteiger partial charge < -0.3 is 19.5 Å². The summed E-state index contributed by atoms with van der Waals surface area (Å²) in [7, 11) is 1.33. The molecule has 3 aromatic rings. The van der Waals surface area contributed by atoms with Gasteiger partial charge in [0.05, 0.1) is 18.2 Å². The number of rotatable bonds is 3. The Morgan fingerprint density at radius 3 is 2.67 bits per heavy atom. The number of carboxylic acid groups (broad SMARTS) is 1. The van der Waals surface area contributed by atoms with Crippen LogP contribution in [0.4, 0.5) is 4.39 Å². The Bertz CT molecular complexity index is 1020. The molecule has 3 rings (SSSR count). The van der Waals surface area contributed by atoms with E-state index in [1.165, 1.54) is 48.2 Å². The molecule has 0 fully saturated rings. The van der Waals surface area contributed by atoms with E-state index in [0.29, 0.717) is 22.2 Å². The normalized spacial score (nSPS) is 10.5. The molecular formula is C17H11FN2O4. The van der Waals surface area contributed by atoms with Crippen molar-refractivity contribution in [1.82, 2.24) is 4.57 Å². The predicted octanol–water partition coefficient (Wildman–Crippen LogP) is 3.05. The van der Waals surface area contributed by atoms with Crippen LogP contribution in [-0.2, 0) is 0 Å². The van der Waals surface area contributed by atoms with Crippen molar-refractivity contribution in [3.8, 4) is 23.3 Å². The minimum atomic E-state index is -1.26. The summed E-state index contributed by atoms with van der Waals surface area (Å²) in [5.74, 6) is -2.26. The van der Waals surface area contributed by atoms with Crippen LogP contribution in [0.15, 0.2) is 36.5 Å². The van der Waals surface area contributed by atoms with Crippen molar-refractivity contribution in [2.45, 2.75) is 0 Å². The number of fused-ring (bicyclic) bond motifs is 1. The lowest BCUT2D eigenvalue weighted by Gasteiger charge is -2.08. The molecule has 6 nitrogen and oxygen atoms in total. The largest absolute Gasteiger partial charge is 0.507 e. The molecule has 0 amide bonds. The number of nitriles is 1. The molecular weight excluding hydrogens is 315 g/mol. The summed E-state index contributed by atoms with van der Waals surface area (Å²) >= 11 is 0. The molecule has 2 N–H and O–H groups in total. The Hall–Kier alpha value is -3.53. The monoisotopic (exact) mass is 326 g/mol. The molecule has 0 saturated carbocycles. The predicted molar refractivity (Wildman–Crippen MR) is 83.1 cm³/mol. The number of carboxylic acids is 1. The summed E-state index contributed by atoms with van der Waals surface area (Å²) in [6.45, 7) is 0. The lowest BCUT2D eigenvalue weighted by Crippen LogP contribution is -1.99. The maximum Gasteiger partial charge on any atom is 0.339 e. The van der Waals surface area contributed by atoms with Crippen LogP contribution < -0.4 is 4.74 Å². The first-order valence-corrected chi connectivity index (χ1v) is 6.81. The van der Waals surface area contributed by atoms with E-state index in [1.54, 1.807) is 0 Å². The summed E-state index contributed by atoms with van der Waals surface area (Å²) < 4.78 is 20.5. The van der Waals surface area contributed by atoms with E-state index in [4.69, 9.17) is 9.84 Å². The fourth-order valence-electron chi connectivity index (χ4n) is 2.54. The van der Waals surface area contributed by atoms with E-state index in [0.717, 1.165) is 0 Å². The third-order valence-corrected chi connectivity index (χ3v) is 3.69. The van der Waals surface area contributed by atoms with Gasteiger partial charge in [-0.2, -0.15) is 5.26 Å². The van der Waals surface area contributed by atoms with E-state index in [-0.39, 0.29) is 11.3 Å². The van der Waals surface area contributed by atoms with Crippen molar-refractivity contribution >= 4 is 16.9 Å². The third kappa shape index (κ3) is 2.30. The highest BCUT2D eigenvalue weighted by Crippen LogP contribution is 2.31. The highest BCUT2D eigenvalue weighted by atomic mass is 19.1. The molecule has 0 spiro atoms. The molecule has 1 aromatic heterocycles. The highest BCUT2D eigenvalue weighted by molar-refractivity contribution is 5.92. The quantitative estimate of drug-likeness (QED) is 0.771. The van der Waals surface area contributed by atoms with Crippen molar-refractivity contribution < 1.29 is 24.1 Å². The first-order chi connectivity index (χ1) is 11.5. The number of aromatic nitrogens is 1. The molecule has 0 bridgehead atoms. The van der Waals surface area contributed by atoms with Gasteiger partial charge in [0.25, 0.3) is 0 Å². The molecule has 2 aromatic carbocycles. The van der Waals surface area contributed by atoms with Crippen LogP contribution in [0.1, 0.15) is 15.9 Å². The lowest BCUT2D eigenvalue weighted by atomic mass is 10.1. The Morgan fingerprint density at radius 1 is 1.33 bits per heavy atom. The van der Waals surface area contributed by atoms with Crippen molar-refractivity contribution in [3.63, 3.8) is 0 Å². The lowest BCUT2D eigenvalue weighted by molar-refractivity contribution is 0.0694. The van der Waals surface area contributed by atoms with E-state index in [1.807, 2.05) is 6.07 Å². The number of hydrogen-bond donors (Lipinski definition) is 2. The number of aromatic carboxylic acids is 1. The van der Waals surface area contributed by atoms with Crippen LogP contribution in [0, 0.1) is 17.1 Å². The molecule has 120 valence electrons. The first kappa shape index (κ1) is 15.4. The van der Waals surface area contributed by atoms with E-state index < -0.39 is 17.5 Å². The van der Waals surface area contributed by atoms with Gasteiger partial charge in [-0.25, -0.2) is 9.18 Å². The van der Waals surface area contributed by atoms with E-state index >= 15 is 0 Å². The molecule has 0 saturated heterocycles. The Balaban J connectivity index is 2.27. The topological polar surface area (TPSA) is 95.5 Å². The fourth-order valence-corrected chi connectivity index (χ4v) is 2.54. The Kier molecular flexibility index (Phi) is 3.58. The molecule has 1 heterocycles. The zero-order valence-corrected chi connectivity index (χ0v) is 12.4. The van der Waals surface area contributed by atoms with Gasteiger partial charge >= 0.3 is 5.97 Å². The van der Waals surface area contributed by atoms with Gasteiger partial charge in [-0.3, -0.25) is 0 Å². The maximum atomic E-state index is 14.0. The maximum absolute atomic E-state index is 14.0. The second-order valence-electron chi connectivity index (χ2n) is 5.04. The number of hydrogen-bond acceptors (Lipinski definition) is 4. The van der Waals surface area contributed by atoms with Gasteiger partial charge in [0.2, 0.25) is 0 Å². The Morgan fingerprint density at radius 2 is 2.08 bits per heavy atom. The fraction of sp³-hybridized carbons (Fsp3) is 0.0588. The number of nitrogens with zero attached hydrogens (tertiary/aromatic N) is 2. The van der Waals surface area contributed by atoms with Crippen LogP contribution in [0.3, 0.4) is 0 Å². The number of carbonyl (C=O) groups is 1. The second kappa shape index (κ2) is 5.59. The molecule has 24 heavy (non-hydrogen) atoms. The Labute approximate surface area is 135 Å². The molecule has 0 radical (unpaired) electrons. The minimum absolute atomic E-state index is 0.0147. The number of aromatic hydroxyl groups is 1. The minimum Gasteiger partial charge on any atom is -0.507 e. The first-order valence-electron chi connectivity index (χ1n) is 6.81. The molecule has 7 heteroatoms. The van der Waals surface area contributed by atoms with Gasteiger partial charge in [0, 0.05) is 29.4 Å². The smallest absolute Gasteiger partial charge is 0.339 e. The van der Waals surface area contributed by atoms with Gasteiger partial charge in [0.15, 0.2) is 11.6 Å².